The number of carbonyl (C=O) groups excluding carboxylic acids is 2. The number of carbonyl (C=O) groups is 2. The van der Waals surface area contributed by atoms with Gasteiger partial charge in [0, 0.05) is 6.07 Å². The summed E-state index contributed by atoms with van der Waals surface area (Å²) < 4.78 is 5.13. The van der Waals surface area contributed by atoms with E-state index in [-0.39, 0.29) is 34.1 Å². The second kappa shape index (κ2) is 4.39. The first-order valence-corrected chi connectivity index (χ1v) is 6.45. The maximum absolute atomic E-state index is 12.5. The van der Waals surface area contributed by atoms with E-state index in [1.54, 1.807) is 18.2 Å². The highest BCUT2D eigenvalue weighted by Gasteiger charge is 2.33. The summed E-state index contributed by atoms with van der Waals surface area (Å²) in [4.78, 5) is 33.5. The molecule has 22 heavy (non-hydrogen) atoms. The molecule has 0 spiro atoms. The number of fused-ring (bicyclic) bond motifs is 3. The highest BCUT2D eigenvalue weighted by atomic mass is 16.5. The van der Waals surface area contributed by atoms with Crippen molar-refractivity contribution in [2.75, 3.05) is 7.11 Å². The molecule has 1 aliphatic rings. The van der Waals surface area contributed by atoms with Crippen LogP contribution in [0.5, 0.6) is 5.75 Å². The van der Waals surface area contributed by atoms with E-state index in [1.807, 2.05) is 0 Å². The maximum atomic E-state index is 12.5. The second-order valence-corrected chi connectivity index (χ2v) is 4.75. The van der Waals surface area contributed by atoms with Crippen LogP contribution in [0.4, 0.5) is 0 Å². The zero-order valence-electron chi connectivity index (χ0n) is 11.4. The van der Waals surface area contributed by atoms with Crippen LogP contribution in [0.15, 0.2) is 30.6 Å². The summed E-state index contributed by atoms with van der Waals surface area (Å²) in [6.45, 7) is 0. The quantitative estimate of drug-likeness (QED) is 0.520. The summed E-state index contributed by atoms with van der Waals surface area (Å²) in [5.41, 5.74) is 1.49. The number of aromatic nitrogens is 4. The molecule has 0 atom stereocenters. The third-order valence-corrected chi connectivity index (χ3v) is 3.52. The first-order valence-electron chi connectivity index (χ1n) is 6.45. The SMILES string of the molecule is COc1ccc2nc3c(nc2c1)C(=O)c1cnncc1C3=O. The fraction of sp³-hybridized carbons (Fsp3) is 0.0667. The molecule has 0 saturated heterocycles. The van der Waals surface area contributed by atoms with Crippen molar-refractivity contribution in [2.45, 2.75) is 0 Å². The number of rotatable bonds is 1. The Morgan fingerprint density at radius 2 is 1.45 bits per heavy atom. The summed E-state index contributed by atoms with van der Waals surface area (Å²) in [7, 11) is 1.54. The van der Waals surface area contributed by atoms with Crippen molar-refractivity contribution in [3.05, 3.63) is 53.1 Å². The monoisotopic (exact) mass is 292 g/mol. The van der Waals surface area contributed by atoms with Crippen LogP contribution in [0.1, 0.15) is 32.1 Å². The predicted molar refractivity (Wildman–Crippen MR) is 75.0 cm³/mol. The minimum atomic E-state index is -0.378. The van der Waals surface area contributed by atoms with Crippen molar-refractivity contribution in [1.82, 2.24) is 20.2 Å². The molecule has 0 amide bonds. The Hall–Kier alpha value is -3.22. The van der Waals surface area contributed by atoms with Crippen molar-refractivity contribution in [2.24, 2.45) is 0 Å². The van der Waals surface area contributed by atoms with Crippen LogP contribution >= 0.6 is 0 Å². The lowest BCUT2D eigenvalue weighted by Crippen LogP contribution is -2.24. The largest absolute Gasteiger partial charge is 0.497 e. The Bertz CT molecular complexity index is 968. The third-order valence-electron chi connectivity index (χ3n) is 3.52. The lowest BCUT2D eigenvalue weighted by Gasteiger charge is -2.15. The van der Waals surface area contributed by atoms with E-state index < -0.39 is 0 Å². The molecule has 7 nitrogen and oxygen atoms in total. The molecule has 106 valence electrons. The van der Waals surface area contributed by atoms with Crippen LogP contribution in [0.2, 0.25) is 0 Å². The molecule has 0 radical (unpaired) electrons. The molecule has 3 aromatic rings. The number of hydrogen-bond donors (Lipinski definition) is 0. The maximum Gasteiger partial charge on any atom is 0.216 e. The Labute approximate surface area is 124 Å². The van der Waals surface area contributed by atoms with E-state index >= 15 is 0 Å². The molecule has 0 bridgehead atoms. The first kappa shape index (κ1) is 12.5. The van der Waals surface area contributed by atoms with Crippen molar-refractivity contribution in [1.29, 1.82) is 0 Å². The molecule has 7 heteroatoms. The molecule has 1 aliphatic carbocycles. The summed E-state index contributed by atoms with van der Waals surface area (Å²) >= 11 is 0. The summed E-state index contributed by atoms with van der Waals surface area (Å²) in [6, 6.07) is 5.08. The van der Waals surface area contributed by atoms with Gasteiger partial charge >= 0.3 is 0 Å². The zero-order chi connectivity index (χ0) is 15.3. The summed E-state index contributed by atoms with van der Waals surface area (Å²) in [5, 5.41) is 7.31. The fourth-order valence-electron chi connectivity index (χ4n) is 2.42. The number of hydrogen-bond acceptors (Lipinski definition) is 7. The number of nitrogens with zero attached hydrogens (tertiary/aromatic N) is 4. The zero-order valence-corrected chi connectivity index (χ0v) is 11.4. The van der Waals surface area contributed by atoms with Crippen LogP contribution < -0.4 is 4.74 Å². The van der Waals surface area contributed by atoms with Crippen LogP contribution in [0.25, 0.3) is 11.0 Å². The van der Waals surface area contributed by atoms with Gasteiger partial charge in [0.15, 0.2) is 0 Å². The lowest BCUT2D eigenvalue weighted by molar-refractivity contribution is 0.0971. The smallest absolute Gasteiger partial charge is 0.216 e. The first-order chi connectivity index (χ1) is 10.7. The number of ether oxygens (including phenoxy) is 1. The van der Waals surface area contributed by atoms with Gasteiger partial charge in [-0.2, -0.15) is 10.2 Å². The molecule has 4 rings (SSSR count). The minimum absolute atomic E-state index is 0.0336. The highest BCUT2D eigenvalue weighted by Crippen LogP contribution is 2.26. The molecule has 2 heterocycles. The topological polar surface area (TPSA) is 94.9 Å². The Morgan fingerprint density at radius 3 is 2.05 bits per heavy atom. The van der Waals surface area contributed by atoms with Gasteiger partial charge < -0.3 is 4.74 Å². The predicted octanol–water partition coefficient (Wildman–Crippen LogP) is 1.20. The highest BCUT2D eigenvalue weighted by molar-refractivity contribution is 6.27. The van der Waals surface area contributed by atoms with Crippen molar-refractivity contribution < 1.29 is 14.3 Å². The molecule has 2 aromatic heterocycles. The molecule has 0 unspecified atom stereocenters. The Kier molecular flexibility index (Phi) is 2.50. The average molecular weight is 292 g/mol. The van der Waals surface area contributed by atoms with Gasteiger partial charge in [-0.1, -0.05) is 0 Å². The van der Waals surface area contributed by atoms with Crippen LogP contribution in [-0.4, -0.2) is 38.8 Å². The van der Waals surface area contributed by atoms with Gasteiger partial charge in [0.25, 0.3) is 0 Å². The molecule has 0 aliphatic heterocycles. The molecule has 0 fully saturated rings. The number of benzene rings is 1. The number of methoxy groups -OCH3 is 1. The lowest BCUT2D eigenvalue weighted by atomic mass is 9.92. The molecular weight excluding hydrogens is 284 g/mol. The van der Waals surface area contributed by atoms with Crippen LogP contribution in [0.3, 0.4) is 0 Å². The molecule has 1 aromatic carbocycles. The Morgan fingerprint density at radius 1 is 0.864 bits per heavy atom. The van der Waals surface area contributed by atoms with E-state index in [0.717, 1.165) is 0 Å². The van der Waals surface area contributed by atoms with Crippen LogP contribution in [0, 0.1) is 0 Å². The average Bonchev–Trinajstić information content (AvgIpc) is 2.58. The van der Waals surface area contributed by atoms with Gasteiger partial charge in [0.05, 0.1) is 41.7 Å². The van der Waals surface area contributed by atoms with Crippen molar-refractivity contribution in [3.8, 4) is 5.75 Å². The van der Waals surface area contributed by atoms with E-state index in [9.17, 15) is 9.59 Å². The summed E-state index contributed by atoms with van der Waals surface area (Å²) in [5.74, 6) is -0.149. The van der Waals surface area contributed by atoms with Gasteiger partial charge in [-0.15, -0.1) is 0 Å². The molecule has 0 saturated carbocycles. The molecular formula is C15H8N4O3. The van der Waals surface area contributed by atoms with Gasteiger partial charge in [-0.3, -0.25) is 9.59 Å². The van der Waals surface area contributed by atoms with Crippen molar-refractivity contribution >= 4 is 22.6 Å². The normalized spacial score (nSPS) is 13.0. The standard InChI is InChI=1S/C15H8N4O3/c1-22-7-2-3-10-11(4-7)19-13-12(18-10)14(20)8-5-16-17-6-9(8)15(13)21/h2-6H,1H3. The third kappa shape index (κ3) is 1.62. The Balaban J connectivity index is 2.01. The minimum Gasteiger partial charge on any atom is -0.497 e. The van der Waals surface area contributed by atoms with E-state index in [1.165, 1.54) is 19.5 Å². The van der Waals surface area contributed by atoms with E-state index in [2.05, 4.69) is 20.2 Å². The summed E-state index contributed by atoms with van der Waals surface area (Å²) in [6.07, 6.45) is 2.55. The number of ketones is 2. The van der Waals surface area contributed by atoms with Gasteiger partial charge in [0.1, 0.15) is 17.1 Å². The molecule has 0 N–H and O–H groups in total. The van der Waals surface area contributed by atoms with Crippen LogP contribution in [-0.2, 0) is 0 Å². The van der Waals surface area contributed by atoms with Crippen molar-refractivity contribution in [3.63, 3.8) is 0 Å². The van der Waals surface area contributed by atoms with E-state index in [4.69, 9.17) is 4.74 Å². The van der Waals surface area contributed by atoms with Gasteiger partial charge in [-0.05, 0) is 12.1 Å². The van der Waals surface area contributed by atoms with Gasteiger partial charge in [0.2, 0.25) is 11.6 Å². The van der Waals surface area contributed by atoms with Gasteiger partial charge in [-0.25, -0.2) is 9.97 Å². The fourth-order valence-corrected chi connectivity index (χ4v) is 2.42. The van der Waals surface area contributed by atoms with E-state index in [0.29, 0.717) is 16.8 Å². The second-order valence-electron chi connectivity index (χ2n) is 4.75.